The van der Waals surface area contributed by atoms with E-state index >= 15 is 0 Å². The van der Waals surface area contributed by atoms with Crippen LogP contribution >= 0.6 is 23.2 Å². The molecule has 2 aromatic heterocycles. The number of nitrogens with zero attached hydrogens (tertiary/aromatic N) is 3. The first-order valence-corrected chi connectivity index (χ1v) is 6.80. The SMILES string of the molecule is Nc1ncnc2c1c(Cl)c(Cl)n2[C@@H]1O[C@H](CO)[C@@H](O)[C@@H]1O. The molecular weight excluding hydrogens is 323 g/mol. The Morgan fingerprint density at radius 1 is 1.29 bits per heavy atom. The molecule has 4 atom stereocenters. The third kappa shape index (κ3) is 2.07. The van der Waals surface area contributed by atoms with Gasteiger partial charge in [0.25, 0.3) is 0 Å². The summed E-state index contributed by atoms with van der Waals surface area (Å²) >= 11 is 12.3. The summed E-state index contributed by atoms with van der Waals surface area (Å²) in [5, 5.41) is 29.6. The summed E-state index contributed by atoms with van der Waals surface area (Å²) in [5.74, 6) is 0.136. The number of ether oxygens (including phenoxy) is 1. The molecule has 0 aliphatic carbocycles. The average Bonchev–Trinajstić information content (AvgIpc) is 2.88. The molecule has 0 saturated carbocycles. The van der Waals surface area contributed by atoms with Crippen LogP contribution in [0, 0.1) is 0 Å². The van der Waals surface area contributed by atoms with Crippen molar-refractivity contribution in [3.8, 4) is 0 Å². The van der Waals surface area contributed by atoms with Gasteiger partial charge in [-0.1, -0.05) is 23.2 Å². The number of aromatic nitrogens is 3. The Balaban J connectivity index is 2.18. The van der Waals surface area contributed by atoms with Crippen molar-refractivity contribution in [1.82, 2.24) is 14.5 Å². The van der Waals surface area contributed by atoms with Crippen molar-refractivity contribution in [1.29, 1.82) is 0 Å². The highest BCUT2D eigenvalue weighted by Crippen LogP contribution is 2.41. The zero-order chi connectivity index (χ0) is 15.3. The summed E-state index contributed by atoms with van der Waals surface area (Å²) in [7, 11) is 0. The summed E-state index contributed by atoms with van der Waals surface area (Å²) in [5.41, 5.74) is 6.02. The Bertz CT molecular complexity index is 694. The largest absolute Gasteiger partial charge is 0.394 e. The number of halogens is 2. The highest BCUT2D eigenvalue weighted by molar-refractivity contribution is 6.45. The van der Waals surface area contributed by atoms with Crippen LogP contribution in [0.1, 0.15) is 6.23 Å². The third-order valence-electron chi connectivity index (χ3n) is 3.47. The molecule has 8 nitrogen and oxygen atoms in total. The minimum absolute atomic E-state index is 0.0497. The van der Waals surface area contributed by atoms with Crippen molar-refractivity contribution >= 4 is 40.1 Å². The molecule has 0 unspecified atom stereocenters. The van der Waals surface area contributed by atoms with E-state index in [1.54, 1.807) is 0 Å². The number of aliphatic hydroxyl groups is 3. The van der Waals surface area contributed by atoms with Gasteiger partial charge in [0.1, 0.15) is 41.3 Å². The third-order valence-corrected chi connectivity index (χ3v) is 4.30. The highest BCUT2D eigenvalue weighted by Gasteiger charge is 2.45. The Morgan fingerprint density at radius 2 is 2.00 bits per heavy atom. The predicted octanol–water partition coefficient (Wildman–Crippen LogP) is -0.0682. The van der Waals surface area contributed by atoms with E-state index in [1.807, 2.05) is 0 Å². The molecule has 0 spiro atoms. The average molecular weight is 335 g/mol. The smallest absolute Gasteiger partial charge is 0.165 e. The summed E-state index contributed by atoms with van der Waals surface area (Å²) in [6, 6.07) is 0. The zero-order valence-electron chi connectivity index (χ0n) is 10.5. The number of nitrogens with two attached hydrogens (primary N) is 1. The van der Waals surface area contributed by atoms with Gasteiger partial charge in [-0.15, -0.1) is 0 Å². The molecule has 2 aromatic rings. The molecule has 5 N–H and O–H groups in total. The lowest BCUT2D eigenvalue weighted by Gasteiger charge is -2.18. The normalized spacial score (nSPS) is 29.4. The van der Waals surface area contributed by atoms with Gasteiger partial charge in [0.05, 0.1) is 17.0 Å². The van der Waals surface area contributed by atoms with E-state index in [9.17, 15) is 10.2 Å². The van der Waals surface area contributed by atoms with Gasteiger partial charge in [0.2, 0.25) is 0 Å². The molecule has 0 amide bonds. The lowest BCUT2D eigenvalue weighted by molar-refractivity contribution is -0.0507. The van der Waals surface area contributed by atoms with Crippen molar-refractivity contribution in [2.24, 2.45) is 0 Å². The fraction of sp³-hybridized carbons (Fsp3) is 0.455. The first kappa shape index (κ1) is 14.8. The molecule has 114 valence electrons. The Morgan fingerprint density at radius 3 is 2.62 bits per heavy atom. The topological polar surface area (TPSA) is 127 Å². The summed E-state index contributed by atoms with van der Waals surface area (Å²) < 4.78 is 6.75. The standard InChI is InChI=1S/C11H12Cl2N4O4/c12-5-4-9(14)15-2-16-10(4)17(8(5)13)11-7(20)6(19)3(1-18)21-11/h2-3,6-7,11,18-20H,1H2,(H2,14,15,16)/t3-,6-,7+,11-/m1/s1. The summed E-state index contributed by atoms with van der Waals surface area (Å²) in [6.07, 6.45) is -3.32. The van der Waals surface area contributed by atoms with Gasteiger partial charge in [-0.3, -0.25) is 4.57 Å². The van der Waals surface area contributed by atoms with E-state index in [0.29, 0.717) is 5.39 Å². The molecular formula is C11H12Cl2N4O4. The van der Waals surface area contributed by atoms with E-state index in [2.05, 4.69) is 9.97 Å². The van der Waals surface area contributed by atoms with Crippen LogP contribution < -0.4 is 5.73 Å². The number of aliphatic hydroxyl groups excluding tert-OH is 3. The molecule has 1 saturated heterocycles. The molecule has 1 fully saturated rings. The van der Waals surface area contributed by atoms with Gasteiger partial charge in [-0.25, -0.2) is 9.97 Å². The Hall–Kier alpha value is -1.16. The van der Waals surface area contributed by atoms with Gasteiger partial charge < -0.3 is 25.8 Å². The second-order valence-electron chi connectivity index (χ2n) is 4.66. The van der Waals surface area contributed by atoms with Crippen LogP contribution in [0.4, 0.5) is 5.82 Å². The molecule has 1 aliphatic rings. The van der Waals surface area contributed by atoms with Crippen molar-refractivity contribution in [2.75, 3.05) is 12.3 Å². The molecule has 21 heavy (non-hydrogen) atoms. The Kier molecular flexibility index (Phi) is 3.68. The van der Waals surface area contributed by atoms with Crippen LogP contribution in [0.5, 0.6) is 0 Å². The number of anilines is 1. The maximum Gasteiger partial charge on any atom is 0.165 e. The fourth-order valence-electron chi connectivity index (χ4n) is 2.41. The van der Waals surface area contributed by atoms with Crippen molar-refractivity contribution < 1.29 is 20.1 Å². The number of nitrogen functional groups attached to an aromatic ring is 1. The summed E-state index contributed by atoms with van der Waals surface area (Å²) in [6.45, 7) is -0.448. The van der Waals surface area contributed by atoms with Crippen LogP contribution in [0.2, 0.25) is 10.2 Å². The highest BCUT2D eigenvalue weighted by atomic mass is 35.5. The molecule has 0 radical (unpaired) electrons. The van der Waals surface area contributed by atoms with Crippen LogP contribution in [-0.2, 0) is 4.74 Å². The molecule has 3 heterocycles. The van der Waals surface area contributed by atoms with Gasteiger partial charge >= 0.3 is 0 Å². The number of rotatable bonds is 2. The molecule has 0 bridgehead atoms. The van der Waals surface area contributed by atoms with Crippen LogP contribution in [0.3, 0.4) is 0 Å². The quantitative estimate of drug-likeness (QED) is 0.605. The number of hydrogen-bond acceptors (Lipinski definition) is 7. The van der Waals surface area contributed by atoms with Gasteiger partial charge in [-0.05, 0) is 0 Å². The van der Waals surface area contributed by atoms with Crippen molar-refractivity contribution in [3.05, 3.63) is 16.5 Å². The predicted molar refractivity (Wildman–Crippen MR) is 75.0 cm³/mol. The number of hydrogen-bond donors (Lipinski definition) is 4. The van der Waals surface area contributed by atoms with Crippen molar-refractivity contribution in [3.63, 3.8) is 0 Å². The molecule has 0 aromatic carbocycles. The molecule has 1 aliphatic heterocycles. The van der Waals surface area contributed by atoms with Crippen LogP contribution in [0.15, 0.2) is 6.33 Å². The van der Waals surface area contributed by atoms with Gasteiger partial charge in [0, 0.05) is 0 Å². The lowest BCUT2D eigenvalue weighted by atomic mass is 10.1. The monoisotopic (exact) mass is 334 g/mol. The van der Waals surface area contributed by atoms with Gasteiger partial charge in [0.15, 0.2) is 6.23 Å². The van der Waals surface area contributed by atoms with E-state index in [0.717, 1.165) is 0 Å². The summed E-state index contributed by atoms with van der Waals surface area (Å²) in [4.78, 5) is 7.88. The maximum absolute atomic E-state index is 10.1. The van der Waals surface area contributed by atoms with E-state index < -0.39 is 31.1 Å². The fourth-order valence-corrected chi connectivity index (χ4v) is 2.95. The number of fused-ring (bicyclic) bond motifs is 1. The van der Waals surface area contributed by atoms with E-state index in [4.69, 9.17) is 38.8 Å². The first-order valence-electron chi connectivity index (χ1n) is 6.05. The molecule has 10 heteroatoms. The minimum atomic E-state index is -1.30. The molecule has 3 rings (SSSR count). The Labute approximate surface area is 128 Å². The van der Waals surface area contributed by atoms with Crippen molar-refractivity contribution in [2.45, 2.75) is 24.5 Å². The minimum Gasteiger partial charge on any atom is -0.394 e. The van der Waals surface area contributed by atoms with E-state index in [-0.39, 0.29) is 21.6 Å². The zero-order valence-corrected chi connectivity index (χ0v) is 12.0. The second-order valence-corrected chi connectivity index (χ2v) is 5.40. The van der Waals surface area contributed by atoms with Gasteiger partial charge in [-0.2, -0.15) is 0 Å². The first-order chi connectivity index (χ1) is 9.97. The maximum atomic E-state index is 10.1. The lowest BCUT2D eigenvalue weighted by Crippen LogP contribution is -2.33. The van der Waals surface area contributed by atoms with Crippen LogP contribution in [-0.4, -0.2) is 54.8 Å². The van der Waals surface area contributed by atoms with Crippen LogP contribution in [0.25, 0.3) is 11.0 Å². The van der Waals surface area contributed by atoms with E-state index in [1.165, 1.54) is 10.9 Å². The second kappa shape index (κ2) is 5.24.